The second-order valence-electron chi connectivity index (χ2n) is 6.95. The fourth-order valence-corrected chi connectivity index (χ4v) is 3.45. The van der Waals surface area contributed by atoms with E-state index in [-0.39, 0.29) is 5.78 Å². The zero-order chi connectivity index (χ0) is 22.0. The van der Waals surface area contributed by atoms with Crippen LogP contribution in [-0.2, 0) is 7.05 Å². The van der Waals surface area contributed by atoms with E-state index in [1.54, 1.807) is 44.1 Å². The standard InChI is InChI=1S/C23H21FN4O3/c1-28-19-7-5-4-6-18(19)22(27-28)23(29)21(14-8-9-20(24)25-13-14)26-15-10-16(30-2)12-17(11-15)31-3/h4-13,21,26H,1-3H3. The lowest BCUT2D eigenvalue weighted by Gasteiger charge is -2.19. The van der Waals surface area contributed by atoms with E-state index in [1.807, 2.05) is 24.3 Å². The monoisotopic (exact) mass is 420 g/mol. The van der Waals surface area contributed by atoms with Gasteiger partial charge in [-0.1, -0.05) is 24.3 Å². The molecule has 0 aliphatic heterocycles. The number of benzene rings is 2. The molecule has 8 heteroatoms. The highest BCUT2D eigenvalue weighted by molar-refractivity contribution is 6.09. The molecular weight excluding hydrogens is 399 g/mol. The quantitative estimate of drug-likeness (QED) is 0.357. The number of carbonyl (C=O) groups is 1. The van der Waals surface area contributed by atoms with Crippen LogP contribution in [0.25, 0.3) is 10.9 Å². The predicted octanol–water partition coefficient (Wildman–Crippen LogP) is 4.16. The first-order chi connectivity index (χ1) is 15.0. The summed E-state index contributed by atoms with van der Waals surface area (Å²) in [7, 11) is 4.88. The molecule has 4 rings (SSSR count). The van der Waals surface area contributed by atoms with Gasteiger partial charge in [0.05, 0.1) is 19.7 Å². The fraction of sp³-hybridized carbons (Fsp3) is 0.174. The van der Waals surface area contributed by atoms with Crippen LogP contribution < -0.4 is 14.8 Å². The number of aryl methyl sites for hydroxylation is 1. The van der Waals surface area contributed by atoms with Crippen LogP contribution in [0.5, 0.6) is 11.5 Å². The number of ether oxygens (including phenoxy) is 2. The number of para-hydroxylation sites is 1. The van der Waals surface area contributed by atoms with Crippen LogP contribution in [0.1, 0.15) is 22.1 Å². The number of nitrogens with one attached hydrogen (secondary N) is 1. The molecule has 0 aliphatic carbocycles. The molecule has 0 saturated carbocycles. The number of aromatic nitrogens is 3. The molecule has 0 aliphatic rings. The molecule has 1 N–H and O–H groups in total. The number of methoxy groups -OCH3 is 2. The van der Waals surface area contributed by atoms with E-state index in [1.165, 1.54) is 18.3 Å². The van der Waals surface area contributed by atoms with Crippen molar-refractivity contribution in [3.63, 3.8) is 0 Å². The van der Waals surface area contributed by atoms with E-state index in [0.29, 0.717) is 28.4 Å². The van der Waals surface area contributed by atoms with Crippen LogP contribution in [0.3, 0.4) is 0 Å². The Labute approximate surface area is 178 Å². The van der Waals surface area contributed by atoms with Crippen molar-refractivity contribution in [1.29, 1.82) is 0 Å². The number of hydrogen-bond acceptors (Lipinski definition) is 6. The van der Waals surface area contributed by atoms with Crippen molar-refractivity contribution in [1.82, 2.24) is 14.8 Å². The largest absolute Gasteiger partial charge is 0.497 e. The number of anilines is 1. The highest BCUT2D eigenvalue weighted by Gasteiger charge is 2.27. The number of pyridine rings is 1. The molecule has 0 saturated heterocycles. The third kappa shape index (κ3) is 4.05. The second kappa shape index (κ2) is 8.43. The number of carbonyl (C=O) groups excluding carboxylic acids is 1. The van der Waals surface area contributed by atoms with E-state index >= 15 is 0 Å². The number of nitrogens with zero attached hydrogens (tertiary/aromatic N) is 3. The van der Waals surface area contributed by atoms with E-state index in [9.17, 15) is 9.18 Å². The van der Waals surface area contributed by atoms with Crippen molar-refractivity contribution in [2.24, 2.45) is 7.05 Å². The molecule has 2 aromatic carbocycles. The fourth-order valence-electron chi connectivity index (χ4n) is 3.45. The number of ketones is 1. The van der Waals surface area contributed by atoms with E-state index in [0.717, 1.165) is 10.9 Å². The highest BCUT2D eigenvalue weighted by atomic mass is 19.1. The predicted molar refractivity (Wildman–Crippen MR) is 115 cm³/mol. The van der Waals surface area contributed by atoms with Crippen LogP contribution in [0.15, 0.2) is 60.8 Å². The minimum absolute atomic E-state index is 0.271. The van der Waals surface area contributed by atoms with Gasteiger partial charge in [0.1, 0.15) is 23.2 Å². The van der Waals surface area contributed by atoms with Gasteiger partial charge in [-0.2, -0.15) is 9.49 Å². The van der Waals surface area contributed by atoms with Crippen LogP contribution in [0.2, 0.25) is 0 Å². The van der Waals surface area contributed by atoms with E-state index < -0.39 is 12.0 Å². The van der Waals surface area contributed by atoms with Crippen LogP contribution >= 0.6 is 0 Å². The first-order valence-electron chi connectivity index (χ1n) is 9.57. The third-order valence-electron chi connectivity index (χ3n) is 5.00. The molecule has 4 aromatic rings. The van der Waals surface area contributed by atoms with Gasteiger partial charge in [-0.05, 0) is 12.1 Å². The van der Waals surface area contributed by atoms with Gasteiger partial charge in [0, 0.05) is 48.1 Å². The minimum atomic E-state index is -0.858. The van der Waals surface area contributed by atoms with Crippen LogP contribution in [0.4, 0.5) is 10.1 Å². The maximum Gasteiger partial charge on any atom is 0.212 e. The highest BCUT2D eigenvalue weighted by Crippen LogP contribution is 2.31. The summed E-state index contributed by atoms with van der Waals surface area (Å²) in [6.45, 7) is 0. The number of halogens is 1. The van der Waals surface area contributed by atoms with E-state index in [4.69, 9.17) is 9.47 Å². The van der Waals surface area contributed by atoms with Crippen molar-refractivity contribution in [3.8, 4) is 11.5 Å². The first kappa shape index (κ1) is 20.3. The van der Waals surface area contributed by atoms with Crippen LogP contribution in [0, 0.1) is 5.95 Å². The molecule has 7 nitrogen and oxygen atoms in total. The summed E-state index contributed by atoms with van der Waals surface area (Å²) in [6.07, 6.45) is 1.34. The summed E-state index contributed by atoms with van der Waals surface area (Å²) in [4.78, 5) is 17.4. The topological polar surface area (TPSA) is 78.3 Å². The Bertz CT molecular complexity index is 1220. The van der Waals surface area contributed by atoms with E-state index in [2.05, 4.69) is 15.4 Å². The number of rotatable bonds is 7. The van der Waals surface area contributed by atoms with Gasteiger partial charge in [0.2, 0.25) is 11.7 Å². The summed E-state index contributed by atoms with van der Waals surface area (Å²) in [5.74, 6) is 0.232. The maximum atomic E-state index is 13.6. The number of hydrogen-bond donors (Lipinski definition) is 1. The maximum absolute atomic E-state index is 13.6. The lowest BCUT2D eigenvalue weighted by molar-refractivity contribution is 0.0965. The van der Waals surface area contributed by atoms with Crippen molar-refractivity contribution < 1.29 is 18.7 Å². The molecule has 2 heterocycles. The molecule has 0 amide bonds. The number of Topliss-reactive ketones (excluding diaryl/α,β-unsaturated/α-hetero) is 1. The minimum Gasteiger partial charge on any atom is -0.497 e. The molecule has 0 bridgehead atoms. The lowest BCUT2D eigenvalue weighted by atomic mass is 9.99. The molecule has 1 unspecified atom stereocenters. The zero-order valence-electron chi connectivity index (χ0n) is 17.3. The summed E-state index contributed by atoms with van der Waals surface area (Å²) >= 11 is 0. The Kier molecular flexibility index (Phi) is 5.53. The average molecular weight is 420 g/mol. The van der Waals surface area contributed by atoms with Gasteiger partial charge in [-0.15, -0.1) is 0 Å². The molecule has 2 aromatic heterocycles. The van der Waals surface area contributed by atoms with Crippen molar-refractivity contribution in [2.75, 3.05) is 19.5 Å². The van der Waals surface area contributed by atoms with Crippen LogP contribution in [-0.4, -0.2) is 34.8 Å². The van der Waals surface area contributed by atoms with Gasteiger partial charge in [0.25, 0.3) is 0 Å². The molecule has 158 valence electrons. The molecule has 1 atom stereocenters. The average Bonchev–Trinajstić information content (AvgIpc) is 3.14. The normalized spacial score (nSPS) is 11.9. The Hall–Kier alpha value is -3.94. The van der Waals surface area contributed by atoms with Gasteiger partial charge in [0.15, 0.2) is 0 Å². The molecule has 0 spiro atoms. The molecule has 0 fully saturated rings. The van der Waals surface area contributed by atoms with Crippen molar-refractivity contribution in [2.45, 2.75) is 6.04 Å². The lowest BCUT2D eigenvalue weighted by Crippen LogP contribution is -2.22. The van der Waals surface area contributed by atoms with Gasteiger partial charge in [-0.3, -0.25) is 9.48 Å². The van der Waals surface area contributed by atoms with Gasteiger partial charge >= 0.3 is 0 Å². The third-order valence-corrected chi connectivity index (χ3v) is 5.00. The second-order valence-corrected chi connectivity index (χ2v) is 6.95. The Morgan fingerprint density at radius 1 is 1.06 bits per heavy atom. The molecule has 31 heavy (non-hydrogen) atoms. The summed E-state index contributed by atoms with van der Waals surface area (Å²) in [5, 5.41) is 8.40. The summed E-state index contributed by atoms with van der Waals surface area (Å²) < 4.78 is 25.8. The number of fused-ring (bicyclic) bond motifs is 1. The first-order valence-corrected chi connectivity index (χ1v) is 9.57. The van der Waals surface area contributed by atoms with Gasteiger partial charge < -0.3 is 14.8 Å². The summed E-state index contributed by atoms with van der Waals surface area (Å²) in [6, 6.07) is 14.6. The Balaban J connectivity index is 1.80. The zero-order valence-corrected chi connectivity index (χ0v) is 17.3. The smallest absolute Gasteiger partial charge is 0.212 e. The molecular formula is C23H21FN4O3. The van der Waals surface area contributed by atoms with Gasteiger partial charge in [-0.25, -0.2) is 4.98 Å². The molecule has 0 radical (unpaired) electrons. The SMILES string of the molecule is COc1cc(NC(C(=O)c2nn(C)c3ccccc23)c2ccc(F)nc2)cc(OC)c1. The van der Waals surface area contributed by atoms with Crippen molar-refractivity contribution >= 4 is 22.4 Å². The Morgan fingerprint density at radius 2 is 1.77 bits per heavy atom. The Morgan fingerprint density at radius 3 is 2.42 bits per heavy atom. The van der Waals surface area contributed by atoms with Crippen molar-refractivity contribution in [3.05, 3.63) is 78.0 Å². The summed E-state index contributed by atoms with van der Waals surface area (Å²) in [5.41, 5.74) is 2.25.